The van der Waals surface area contributed by atoms with Crippen molar-refractivity contribution < 1.29 is 17.9 Å². The Hall–Kier alpha value is -3.42. The Labute approximate surface area is 252 Å². The number of carbonyl (C=O) groups excluding carboxylic acids is 1. The second kappa shape index (κ2) is 15.0. The SMILES string of the molecule is CC(=N)N1CCC(Oc2ccc(N=C(N)c3ccc4ccc(CNCC(=O)NS(N)(=O)=O)cc4c3)cc2)CC1.Cl.Cl. The van der Waals surface area contributed by atoms with Crippen molar-refractivity contribution in [3.8, 4) is 5.75 Å². The van der Waals surface area contributed by atoms with E-state index < -0.39 is 16.1 Å². The Bertz CT molecular complexity index is 1490. The number of aliphatic imine (C=N–C) groups is 1. The van der Waals surface area contributed by atoms with E-state index in [1.807, 2.05) is 67.6 Å². The number of hydrogen-bond acceptors (Lipinski definition) is 7. The van der Waals surface area contributed by atoms with Crippen molar-refractivity contribution in [2.75, 3.05) is 19.6 Å². The topological polar surface area (TPSA) is 176 Å². The van der Waals surface area contributed by atoms with Crippen LogP contribution in [0.2, 0.25) is 0 Å². The van der Waals surface area contributed by atoms with Gasteiger partial charge in [0.2, 0.25) is 5.91 Å². The van der Waals surface area contributed by atoms with Gasteiger partial charge >= 0.3 is 0 Å². The molecule has 0 aliphatic carbocycles. The highest BCUT2D eigenvalue weighted by molar-refractivity contribution is 7.87. The van der Waals surface area contributed by atoms with Crippen LogP contribution in [0.25, 0.3) is 10.8 Å². The lowest BCUT2D eigenvalue weighted by Crippen LogP contribution is -2.41. The number of nitrogens with one attached hydrogen (secondary N) is 3. The monoisotopic (exact) mass is 623 g/mol. The highest BCUT2D eigenvalue weighted by Gasteiger charge is 2.20. The molecule has 1 aliphatic rings. The Kier molecular flexibility index (Phi) is 12.4. The predicted octanol–water partition coefficient (Wildman–Crippen LogP) is 2.97. The van der Waals surface area contributed by atoms with Crippen LogP contribution in [0.3, 0.4) is 0 Å². The maximum atomic E-state index is 11.6. The summed E-state index contributed by atoms with van der Waals surface area (Å²) in [6.07, 6.45) is 1.91. The first kappa shape index (κ1) is 33.8. The average molecular weight is 625 g/mol. The number of piperidine rings is 1. The molecule has 0 atom stereocenters. The number of carbonyl (C=O) groups is 1. The molecule has 0 unspecified atom stereocenters. The standard InChI is InChI=1S/C27H33N7O4S.2ClH/c1-18(28)34-12-10-25(11-13-34)38-24-8-6-23(7-9-24)32-27(29)21-5-4-20-3-2-19(14-22(20)15-21)16-31-17-26(35)33-39(30,36)37;;/h2-9,14-15,25,28,31H,10-13,16-17H2,1H3,(H2,29,32)(H,33,35)(H2,30,36,37);2*1H. The van der Waals surface area contributed by atoms with Crippen molar-refractivity contribution in [3.05, 3.63) is 71.8 Å². The minimum Gasteiger partial charge on any atom is -0.490 e. The highest BCUT2D eigenvalue weighted by Crippen LogP contribution is 2.24. The van der Waals surface area contributed by atoms with Gasteiger partial charge in [-0.2, -0.15) is 8.42 Å². The zero-order valence-electron chi connectivity index (χ0n) is 22.5. The fourth-order valence-electron chi connectivity index (χ4n) is 4.38. The van der Waals surface area contributed by atoms with Crippen molar-refractivity contribution in [3.63, 3.8) is 0 Å². The first-order valence-electron chi connectivity index (χ1n) is 12.5. The van der Waals surface area contributed by atoms with Gasteiger partial charge in [0.1, 0.15) is 17.7 Å². The number of halogens is 2. The van der Waals surface area contributed by atoms with E-state index in [2.05, 4.69) is 15.2 Å². The van der Waals surface area contributed by atoms with E-state index in [-0.39, 0.29) is 37.5 Å². The molecule has 11 nitrogen and oxygen atoms in total. The van der Waals surface area contributed by atoms with Gasteiger partial charge < -0.3 is 20.7 Å². The minimum absolute atomic E-state index is 0. The molecular formula is C27H35Cl2N7O4S. The zero-order chi connectivity index (χ0) is 28.0. The molecule has 0 radical (unpaired) electrons. The van der Waals surface area contributed by atoms with Crippen molar-refractivity contribution in [1.29, 1.82) is 5.41 Å². The summed E-state index contributed by atoms with van der Waals surface area (Å²) < 4.78 is 29.7. The van der Waals surface area contributed by atoms with Crippen LogP contribution in [0.15, 0.2) is 65.7 Å². The smallest absolute Gasteiger partial charge is 0.298 e. The third-order valence-corrected chi connectivity index (χ3v) is 6.89. The van der Waals surface area contributed by atoms with Gasteiger partial charge in [-0.15, -0.1) is 24.8 Å². The van der Waals surface area contributed by atoms with Crippen molar-refractivity contribution in [2.45, 2.75) is 32.4 Å². The van der Waals surface area contributed by atoms with E-state index in [1.54, 1.807) is 4.72 Å². The van der Waals surface area contributed by atoms with Gasteiger partial charge in [0, 0.05) is 38.0 Å². The summed E-state index contributed by atoms with van der Waals surface area (Å²) in [4.78, 5) is 18.2. The number of amidine groups is 2. The number of nitrogens with zero attached hydrogens (tertiary/aromatic N) is 2. The van der Waals surface area contributed by atoms with E-state index in [1.165, 1.54) is 0 Å². The fourth-order valence-corrected chi connectivity index (χ4v) is 4.77. The minimum atomic E-state index is -4.07. The van der Waals surface area contributed by atoms with Crippen LogP contribution in [0.1, 0.15) is 30.9 Å². The molecule has 7 N–H and O–H groups in total. The molecule has 0 spiro atoms. The molecule has 222 valence electrons. The Morgan fingerprint density at radius 3 is 2.34 bits per heavy atom. The van der Waals surface area contributed by atoms with E-state index in [0.29, 0.717) is 23.9 Å². The second-order valence-electron chi connectivity index (χ2n) is 9.45. The summed E-state index contributed by atoms with van der Waals surface area (Å²) >= 11 is 0. The lowest BCUT2D eigenvalue weighted by molar-refractivity contribution is -0.118. The maximum Gasteiger partial charge on any atom is 0.298 e. The lowest BCUT2D eigenvalue weighted by atomic mass is 10.0. The molecule has 0 aromatic heterocycles. The van der Waals surface area contributed by atoms with Crippen LogP contribution in [-0.4, -0.2) is 56.6 Å². The number of fused-ring (bicyclic) bond motifs is 1. The Morgan fingerprint density at radius 2 is 1.71 bits per heavy atom. The van der Waals surface area contributed by atoms with Crippen LogP contribution in [-0.2, 0) is 21.5 Å². The quantitative estimate of drug-likeness (QED) is 0.180. The zero-order valence-corrected chi connectivity index (χ0v) is 24.9. The van der Waals surface area contributed by atoms with Crippen molar-refractivity contribution >= 4 is 69.1 Å². The van der Waals surface area contributed by atoms with Gasteiger partial charge in [-0.3, -0.25) is 10.2 Å². The summed E-state index contributed by atoms with van der Waals surface area (Å²) in [5.74, 6) is 1.03. The van der Waals surface area contributed by atoms with E-state index >= 15 is 0 Å². The number of hydrogen-bond donors (Lipinski definition) is 5. The van der Waals surface area contributed by atoms with Gasteiger partial charge in [-0.1, -0.05) is 24.3 Å². The summed E-state index contributed by atoms with van der Waals surface area (Å²) in [7, 11) is -4.07. The molecule has 1 aliphatic heterocycles. The van der Waals surface area contributed by atoms with Crippen LogP contribution < -0.4 is 25.6 Å². The fraction of sp³-hybridized carbons (Fsp3) is 0.296. The van der Waals surface area contributed by atoms with Gasteiger partial charge in [0.25, 0.3) is 10.2 Å². The van der Waals surface area contributed by atoms with Gasteiger partial charge in [0.15, 0.2) is 0 Å². The van der Waals surface area contributed by atoms with Crippen LogP contribution in [0.5, 0.6) is 5.75 Å². The molecule has 1 heterocycles. The molecule has 0 saturated carbocycles. The summed E-state index contributed by atoms with van der Waals surface area (Å²) in [6.45, 7) is 3.65. The lowest BCUT2D eigenvalue weighted by Gasteiger charge is -2.32. The van der Waals surface area contributed by atoms with Crippen LogP contribution in [0.4, 0.5) is 5.69 Å². The second-order valence-corrected chi connectivity index (χ2v) is 10.7. The first-order chi connectivity index (χ1) is 18.6. The molecule has 1 fully saturated rings. The molecule has 3 aromatic carbocycles. The number of ether oxygens (including phenoxy) is 1. The number of amides is 1. The maximum absolute atomic E-state index is 11.6. The van der Waals surface area contributed by atoms with Crippen molar-refractivity contribution in [1.82, 2.24) is 14.9 Å². The molecule has 41 heavy (non-hydrogen) atoms. The number of likely N-dealkylation sites (tertiary alicyclic amines) is 1. The highest BCUT2D eigenvalue weighted by atomic mass is 35.5. The average Bonchev–Trinajstić information content (AvgIpc) is 2.88. The van der Waals surface area contributed by atoms with Crippen molar-refractivity contribution in [2.24, 2.45) is 15.9 Å². The molecule has 4 rings (SSSR count). The van der Waals surface area contributed by atoms with E-state index in [9.17, 15) is 13.2 Å². The number of nitrogens with two attached hydrogens (primary N) is 2. The van der Waals surface area contributed by atoms with Gasteiger partial charge in [-0.25, -0.2) is 14.9 Å². The van der Waals surface area contributed by atoms with Gasteiger partial charge in [0.05, 0.1) is 18.1 Å². The number of rotatable bonds is 9. The summed E-state index contributed by atoms with van der Waals surface area (Å²) in [5, 5.41) is 17.4. The van der Waals surface area contributed by atoms with E-state index in [0.717, 1.165) is 53.6 Å². The third kappa shape index (κ3) is 10.2. The Morgan fingerprint density at radius 1 is 1.05 bits per heavy atom. The molecule has 0 bridgehead atoms. The normalized spacial score (nSPS) is 14.1. The first-order valence-corrected chi connectivity index (χ1v) is 14.1. The summed E-state index contributed by atoms with van der Waals surface area (Å²) in [6, 6.07) is 19.2. The Balaban J connectivity index is 0.00000294. The largest absolute Gasteiger partial charge is 0.490 e. The molecule has 1 saturated heterocycles. The van der Waals surface area contributed by atoms with Crippen LogP contribution in [0, 0.1) is 5.41 Å². The predicted molar refractivity (Wildman–Crippen MR) is 167 cm³/mol. The molecule has 14 heteroatoms. The molecule has 1 amide bonds. The third-order valence-electron chi connectivity index (χ3n) is 6.38. The van der Waals surface area contributed by atoms with E-state index in [4.69, 9.17) is 21.0 Å². The van der Waals surface area contributed by atoms with Crippen LogP contribution >= 0.6 is 24.8 Å². The molecule has 3 aromatic rings. The summed E-state index contributed by atoms with van der Waals surface area (Å²) in [5.41, 5.74) is 8.72. The number of benzene rings is 3. The molecular weight excluding hydrogens is 589 g/mol. The van der Waals surface area contributed by atoms with Gasteiger partial charge in [-0.05, 0) is 59.7 Å².